The van der Waals surface area contributed by atoms with Crippen molar-refractivity contribution in [3.63, 3.8) is 0 Å². The molecule has 0 fully saturated rings. The first-order valence-electron chi connectivity index (χ1n) is 26.7. The molecule has 8 aromatic rings. The van der Waals surface area contributed by atoms with Crippen molar-refractivity contribution in [2.75, 3.05) is 39.5 Å². The average molecular weight is 1080 g/mol. The van der Waals surface area contributed by atoms with Crippen LogP contribution in [0.25, 0.3) is 0 Å². The molecule has 0 aliphatic rings. The van der Waals surface area contributed by atoms with Crippen molar-refractivity contribution in [1.82, 2.24) is 21.3 Å². The summed E-state index contributed by atoms with van der Waals surface area (Å²) in [5.41, 5.74) is 5.89. The molecule has 0 aliphatic heterocycles. The van der Waals surface area contributed by atoms with Gasteiger partial charge in [0.1, 0.15) is 38.5 Å². The molecule has 0 aromatic heterocycles. The lowest BCUT2D eigenvalue weighted by Gasteiger charge is -2.21. The normalized spacial score (nSPS) is 11.6. The Hall–Kier alpha value is -9.24. The number of amides is 4. The first-order chi connectivity index (χ1) is 39.4. The molecule has 4 N–H and O–H groups in total. The molecule has 8 aromatic carbocycles. The number of benzene rings is 8. The van der Waals surface area contributed by atoms with Crippen LogP contribution in [0.1, 0.15) is 54.1 Å². The van der Waals surface area contributed by atoms with Gasteiger partial charge < -0.3 is 49.7 Å². The van der Waals surface area contributed by atoms with Crippen LogP contribution in [-0.2, 0) is 58.3 Å². The topological polar surface area (TPSA) is 172 Å². The fourth-order valence-corrected chi connectivity index (χ4v) is 8.50. The molecule has 2 atom stereocenters. The molecule has 80 heavy (non-hydrogen) atoms. The molecule has 0 unspecified atom stereocenters. The minimum atomic E-state index is -0.938. The molecule has 0 radical (unpaired) electrons. The first-order valence-corrected chi connectivity index (χ1v) is 26.7. The molecule has 0 saturated carbocycles. The van der Waals surface area contributed by atoms with E-state index in [9.17, 15) is 19.2 Å². The zero-order valence-electron chi connectivity index (χ0n) is 44.5. The van der Waals surface area contributed by atoms with Crippen molar-refractivity contribution in [3.8, 4) is 23.0 Å². The summed E-state index contributed by atoms with van der Waals surface area (Å²) in [6.07, 6.45) is 0.467. The molecular formula is C66H66N4O10. The SMILES string of the molecule is O=C(N[C@@H](Cc1ccccc1)C(=O)NCCOCCOCCNC(=O)[C@H](Cc1ccccc1)NC(=O)c1cccc(OCc2ccccc2)c1OCc1ccccc1)c1cccc(OCc2ccccc2)c1OCc1ccccc1. The number of hydrogen-bond acceptors (Lipinski definition) is 10. The summed E-state index contributed by atoms with van der Waals surface area (Å²) in [4.78, 5) is 56.0. The van der Waals surface area contributed by atoms with Gasteiger partial charge in [-0.15, -0.1) is 0 Å². The van der Waals surface area contributed by atoms with Gasteiger partial charge in [-0.1, -0.05) is 194 Å². The standard InChI is InChI=1S/C66H66N4O10/c71-63(55-33-19-35-59(77-45-51-25-11-3-12-26-51)61(55)79-47-53-29-15-5-16-30-53)69-57(43-49-21-7-1-8-22-49)65(73)67-37-39-75-41-42-76-40-38-68-66(74)58(44-50-23-9-2-10-24-50)70-64(72)56-34-20-36-60(78-46-52-27-13-4-14-28-52)62(56)80-48-54-31-17-6-18-32-54/h1-36,57-58H,37-48H2,(H,67,73)(H,68,74)(H,69,71)(H,70,72)/t57-,58-/m0/s1. The summed E-state index contributed by atoms with van der Waals surface area (Å²) in [5.74, 6) is -0.457. The summed E-state index contributed by atoms with van der Waals surface area (Å²) < 4.78 is 36.6. The molecule has 14 nitrogen and oxygen atoms in total. The lowest BCUT2D eigenvalue weighted by Crippen LogP contribution is -2.48. The highest BCUT2D eigenvalue weighted by molar-refractivity contribution is 6.01. The Kier molecular flexibility index (Phi) is 22.2. The highest BCUT2D eigenvalue weighted by Crippen LogP contribution is 2.35. The fraction of sp³-hybridized carbons (Fsp3) is 0.212. The van der Waals surface area contributed by atoms with E-state index in [1.165, 1.54) is 0 Å². The monoisotopic (exact) mass is 1070 g/mol. The number of hydrogen-bond donors (Lipinski definition) is 4. The molecule has 0 heterocycles. The van der Waals surface area contributed by atoms with Gasteiger partial charge in [0.15, 0.2) is 23.0 Å². The van der Waals surface area contributed by atoms with Crippen molar-refractivity contribution >= 4 is 23.6 Å². The molecular weight excluding hydrogens is 1010 g/mol. The summed E-state index contributed by atoms with van der Waals surface area (Å²) >= 11 is 0. The number of nitrogens with one attached hydrogen (secondary N) is 4. The number of para-hydroxylation sites is 2. The second-order valence-corrected chi connectivity index (χ2v) is 18.6. The maximum atomic E-state index is 14.2. The Morgan fingerprint density at radius 1 is 0.325 bits per heavy atom. The highest BCUT2D eigenvalue weighted by Gasteiger charge is 2.27. The van der Waals surface area contributed by atoms with Gasteiger partial charge in [-0.3, -0.25) is 19.2 Å². The summed E-state index contributed by atoms with van der Waals surface area (Å²) in [7, 11) is 0. The van der Waals surface area contributed by atoms with E-state index < -0.39 is 23.9 Å². The summed E-state index contributed by atoms with van der Waals surface area (Å²) in [6.45, 7) is 2.04. The molecule has 0 aliphatic carbocycles. The number of rotatable bonds is 31. The predicted molar refractivity (Wildman–Crippen MR) is 306 cm³/mol. The van der Waals surface area contributed by atoms with E-state index >= 15 is 0 Å². The molecule has 410 valence electrons. The summed E-state index contributed by atoms with van der Waals surface area (Å²) in [6, 6.07) is 66.0. The number of ether oxygens (including phenoxy) is 6. The van der Waals surface area contributed by atoms with Crippen LogP contribution in [-0.4, -0.2) is 75.2 Å². The Bertz CT molecular complexity index is 2940. The average Bonchev–Trinajstić information content (AvgIpc) is 3.52. The Morgan fingerprint density at radius 3 is 0.950 bits per heavy atom. The zero-order chi connectivity index (χ0) is 55.4. The minimum Gasteiger partial charge on any atom is -0.485 e. The van der Waals surface area contributed by atoms with Gasteiger partial charge in [-0.05, 0) is 57.6 Å². The maximum Gasteiger partial charge on any atom is 0.255 e. The van der Waals surface area contributed by atoms with Crippen molar-refractivity contribution in [2.24, 2.45) is 0 Å². The second kappa shape index (κ2) is 31.2. The minimum absolute atomic E-state index is 0.171. The van der Waals surface area contributed by atoms with Crippen molar-refractivity contribution < 1.29 is 47.6 Å². The predicted octanol–water partition coefficient (Wildman–Crippen LogP) is 9.65. The summed E-state index contributed by atoms with van der Waals surface area (Å²) in [5, 5.41) is 11.7. The molecule has 0 bridgehead atoms. The Labute approximate surface area is 467 Å². The van der Waals surface area contributed by atoms with Crippen molar-refractivity contribution in [3.05, 3.63) is 263 Å². The Morgan fingerprint density at radius 2 is 0.625 bits per heavy atom. The lowest BCUT2D eigenvalue weighted by atomic mass is 10.0. The van der Waals surface area contributed by atoms with E-state index in [4.69, 9.17) is 28.4 Å². The number of carbonyl (C=O) groups is 4. The van der Waals surface area contributed by atoms with Crippen LogP contribution in [0, 0.1) is 0 Å². The second-order valence-electron chi connectivity index (χ2n) is 18.6. The molecule has 0 saturated heterocycles. The van der Waals surface area contributed by atoms with Crippen molar-refractivity contribution in [1.29, 1.82) is 0 Å². The van der Waals surface area contributed by atoms with E-state index in [0.29, 0.717) is 11.5 Å². The first kappa shape index (κ1) is 56.9. The molecule has 4 amide bonds. The van der Waals surface area contributed by atoms with Crippen LogP contribution in [0.4, 0.5) is 0 Å². The molecule has 0 spiro atoms. The van der Waals surface area contributed by atoms with E-state index in [1.54, 1.807) is 36.4 Å². The smallest absolute Gasteiger partial charge is 0.255 e. The van der Waals surface area contributed by atoms with Crippen LogP contribution in [0.3, 0.4) is 0 Å². The third kappa shape index (κ3) is 18.2. The van der Waals surface area contributed by atoms with Gasteiger partial charge in [0.25, 0.3) is 11.8 Å². The van der Waals surface area contributed by atoms with E-state index in [0.717, 1.165) is 33.4 Å². The van der Waals surface area contributed by atoms with Crippen LogP contribution in [0.15, 0.2) is 218 Å². The van der Waals surface area contributed by atoms with E-state index in [1.807, 2.05) is 182 Å². The lowest BCUT2D eigenvalue weighted by molar-refractivity contribution is -0.124. The quantitative estimate of drug-likeness (QED) is 0.0307. The molecule has 8 rings (SSSR count). The van der Waals surface area contributed by atoms with Crippen LogP contribution in [0.5, 0.6) is 23.0 Å². The third-order valence-corrected chi connectivity index (χ3v) is 12.6. The fourth-order valence-electron chi connectivity index (χ4n) is 8.50. The number of carbonyl (C=O) groups excluding carboxylic acids is 4. The van der Waals surface area contributed by atoms with Crippen LogP contribution in [0.2, 0.25) is 0 Å². The van der Waals surface area contributed by atoms with Gasteiger partial charge in [-0.25, -0.2) is 0 Å². The van der Waals surface area contributed by atoms with Gasteiger partial charge >= 0.3 is 0 Å². The highest BCUT2D eigenvalue weighted by atomic mass is 16.5. The van der Waals surface area contributed by atoms with E-state index in [-0.39, 0.29) is 113 Å². The van der Waals surface area contributed by atoms with Gasteiger partial charge in [-0.2, -0.15) is 0 Å². The van der Waals surface area contributed by atoms with E-state index in [2.05, 4.69) is 21.3 Å². The van der Waals surface area contributed by atoms with Gasteiger partial charge in [0.05, 0.1) is 37.6 Å². The largest absolute Gasteiger partial charge is 0.485 e. The van der Waals surface area contributed by atoms with Crippen LogP contribution < -0.4 is 40.2 Å². The zero-order valence-corrected chi connectivity index (χ0v) is 44.5. The Balaban J connectivity index is 0.815. The maximum absolute atomic E-state index is 14.2. The van der Waals surface area contributed by atoms with Gasteiger partial charge in [0.2, 0.25) is 11.8 Å². The third-order valence-electron chi connectivity index (χ3n) is 12.6. The van der Waals surface area contributed by atoms with Crippen LogP contribution >= 0.6 is 0 Å². The van der Waals surface area contributed by atoms with Crippen molar-refractivity contribution in [2.45, 2.75) is 51.4 Å². The van der Waals surface area contributed by atoms with Gasteiger partial charge in [0, 0.05) is 25.9 Å². The molecule has 14 heteroatoms.